The first-order valence-corrected chi connectivity index (χ1v) is 9.50. The third-order valence-corrected chi connectivity index (χ3v) is 6.04. The predicted octanol–water partition coefficient (Wildman–Crippen LogP) is 4.69. The van der Waals surface area contributed by atoms with Crippen molar-refractivity contribution in [1.29, 1.82) is 0 Å². The zero-order valence-corrected chi connectivity index (χ0v) is 15.3. The zero-order chi connectivity index (χ0) is 18.8. The number of nitro benzene ring substituents is 1. The predicted molar refractivity (Wildman–Crippen MR) is 107 cm³/mol. The molecule has 27 heavy (non-hydrogen) atoms. The molecule has 134 valence electrons. The third kappa shape index (κ3) is 3.50. The van der Waals surface area contributed by atoms with Gasteiger partial charge in [0.05, 0.1) is 24.9 Å². The lowest BCUT2D eigenvalue weighted by Crippen LogP contribution is -2.28. The average Bonchev–Trinajstić information content (AvgIpc) is 3.33. The first-order valence-electron chi connectivity index (χ1n) is 7.87. The lowest BCUT2D eigenvalue weighted by molar-refractivity contribution is -0.384. The quantitative estimate of drug-likeness (QED) is 0.377. The molecule has 2 heterocycles. The van der Waals surface area contributed by atoms with Gasteiger partial charge in [-0.1, -0.05) is 24.3 Å². The number of nitrogens with one attached hydrogen (secondary N) is 2. The molecular formula is C18H12N4O3S2. The van der Waals surface area contributed by atoms with Crippen molar-refractivity contribution in [3.63, 3.8) is 0 Å². The van der Waals surface area contributed by atoms with Crippen molar-refractivity contribution in [2.45, 2.75) is 0 Å². The number of aromatic nitrogens is 1. The molecule has 0 aliphatic carbocycles. The highest BCUT2D eigenvalue weighted by Crippen LogP contribution is 2.34. The van der Waals surface area contributed by atoms with E-state index in [2.05, 4.69) is 15.8 Å². The summed E-state index contributed by atoms with van der Waals surface area (Å²) in [6.45, 7) is 0. The van der Waals surface area contributed by atoms with Crippen molar-refractivity contribution in [3.8, 4) is 9.88 Å². The van der Waals surface area contributed by atoms with Gasteiger partial charge in [0.1, 0.15) is 10.7 Å². The molecule has 1 amide bonds. The molecule has 0 bridgehead atoms. The van der Waals surface area contributed by atoms with Crippen LogP contribution in [-0.2, 0) is 0 Å². The Morgan fingerprint density at radius 1 is 1.00 bits per heavy atom. The van der Waals surface area contributed by atoms with Crippen LogP contribution in [0.2, 0.25) is 0 Å². The maximum absolute atomic E-state index is 12.4. The van der Waals surface area contributed by atoms with E-state index in [-0.39, 0.29) is 17.3 Å². The van der Waals surface area contributed by atoms with Gasteiger partial charge in [-0.3, -0.25) is 25.8 Å². The summed E-state index contributed by atoms with van der Waals surface area (Å²) in [5, 5.41) is 11.9. The molecule has 4 rings (SSSR count). The van der Waals surface area contributed by atoms with Gasteiger partial charge in [-0.25, -0.2) is 4.98 Å². The number of para-hydroxylation sites is 3. The molecular weight excluding hydrogens is 384 g/mol. The number of carbonyl (C=O) groups is 1. The van der Waals surface area contributed by atoms with Crippen LogP contribution in [0, 0.1) is 10.1 Å². The van der Waals surface area contributed by atoms with Crippen LogP contribution >= 0.6 is 22.7 Å². The summed E-state index contributed by atoms with van der Waals surface area (Å²) in [6, 6.07) is 17.5. The largest absolute Gasteiger partial charge is 0.294 e. The number of hydrazine groups is 1. The van der Waals surface area contributed by atoms with Crippen LogP contribution in [0.15, 0.2) is 60.7 Å². The highest BCUT2D eigenvalue weighted by Gasteiger charge is 2.15. The smallest absolute Gasteiger partial charge is 0.292 e. The van der Waals surface area contributed by atoms with Crippen LogP contribution in [0.5, 0.6) is 0 Å². The first-order chi connectivity index (χ1) is 13.1. The number of benzene rings is 2. The van der Waals surface area contributed by atoms with E-state index < -0.39 is 4.92 Å². The molecule has 0 atom stereocenters. The van der Waals surface area contributed by atoms with Crippen molar-refractivity contribution < 1.29 is 9.72 Å². The second-order valence-electron chi connectivity index (χ2n) is 5.50. The van der Waals surface area contributed by atoms with E-state index in [9.17, 15) is 14.9 Å². The van der Waals surface area contributed by atoms with Gasteiger partial charge in [0.25, 0.3) is 11.6 Å². The van der Waals surface area contributed by atoms with E-state index in [0.717, 1.165) is 20.1 Å². The number of amides is 1. The molecule has 0 fully saturated rings. The van der Waals surface area contributed by atoms with Crippen LogP contribution in [0.1, 0.15) is 9.67 Å². The Balaban J connectivity index is 1.50. The van der Waals surface area contributed by atoms with Crippen molar-refractivity contribution in [2.24, 2.45) is 0 Å². The van der Waals surface area contributed by atoms with Crippen molar-refractivity contribution in [1.82, 2.24) is 10.4 Å². The summed E-state index contributed by atoms with van der Waals surface area (Å²) in [5.74, 6) is -0.370. The van der Waals surface area contributed by atoms with Gasteiger partial charge in [-0.05, 0) is 30.3 Å². The fraction of sp³-hybridized carbons (Fsp3) is 0. The molecule has 0 saturated heterocycles. The van der Waals surface area contributed by atoms with Gasteiger partial charge in [-0.15, -0.1) is 22.7 Å². The van der Waals surface area contributed by atoms with E-state index in [1.54, 1.807) is 29.5 Å². The topological polar surface area (TPSA) is 97.2 Å². The van der Waals surface area contributed by atoms with Crippen LogP contribution in [0.25, 0.3) is 20.1 Å². The fourth-order valence-corrected chi connectivity index (χ4v) is 4.40. The number of anilines is 1. The first kappa shape index (κ1) is 17.1. The van der Waals surface area contributed by atoms with Gasteiger partial charge in [0, 0.05) is 6.07 Å². The lowest BCUT2D eigenvalue weighted by Gasteiger charge is -2.07. The number of thiophene rings is 1. The SMILES string of the molecule is O=C(NNc1ccccc1[N+](=O)[O-])c1ccc(-c2nc3ccccc3s2)s1. The Bertz CT molecular complexity index is 1120. The number of nitrogens with zero attached hydrogens (tertiary/aromatic N) is 2. The zero-order valence-electron chi connectivity index (χ0n) is 13.7. The number of carbonyl (C=O) groups excluding carboxylic acids is 1. The Morgan fingerprint density at radius 3 is 2.59 bits per heavy atom. The Hall–Kier alpha value is -3.30. The van der Waals surface area contributed by atoms with E-state index >= 15 is 0 Å². The van der Waals surface area contributed by atoms with Crippen LogP contribution in [0.4, 0.5) is 11.4 Å². The highest BCUT2D eigenvalue weighted by molar-refractivity contribution is 7.26. The van der Waals surface area contributed by atoms with E-state index in [1.807, 2.05) is 30.3 Å². The number of nitro groups is 1. The molecule has 7 nitrogen and oxygen atoms in total. The molecule has 2 aromatic heterocycles. The standard InChI is InChI=1S/C18H12N4O3S2/c23-17(21-20-11-5-1-3-7-13(11)22(24)25)15-9-10-16(26-15)18-19-12-6-2-4-8-14(12)27-18/h1-10,20H,(H,21,23). The maximum atomic E-state index is 12.4. The molecule has 4 aromatic rings. The molecule has 0 saturated carbocycles. The monoisotopic (exact) mass is 396 g/mol. The third-order valence-electron chi connectivity index (χ3n) is 3.75. The van der Waals surface area contributed by atoms with E-state index in [4.69, 9.17) is 0 Å². The number of rotatable bonds is 5. The minimum atomic E-state index is -0.509. The molecule has 2 aromatic carbocycles. The number of fused-ring (bicyclic) bond motifs is 1. The van der Waals surface area contributed by atoms with Gasteiger partial charge in [-0.2, -0.15) is 0 Å². The van der Waals surface area contributed by atoms with E-state index in [0.29, 0.717) is 4.88 Å². The molecule has 0 aliphatic rings. The van der Waals surface area contributed by atoms with Crippen LogP contribution in [-0.4, -0.2) is 15.8 Å². The summed E-state index contributed by atoms with van der Waals surface area (Å²) in [5.41, 5.74) is 6.15. The molecule has 0 spiro atoms. The highest BCUT2D eigenvalue weighted by atomic mass is 32.1. The molecule has 0 radical (unpaired) electrons. The maximum Gasteiger partial charge on any atom is 0.294 e. The summed E-state index contributed by atoms with van der Waals surface area (Å²) < 4.78 is 1.09. The molecule has 2 N–H and O–H groups in total. The summed E-state index contributed by atoms with van der Waals surface area (Å²) in [4.78, 5) is 28.8. The summed E-state index contributed by atoms with van der Waals surface area (Å²) in [7, 11) is 0. The second-order valence-corrected chi connectivity index (χ2v) is 7.62. The second kappa shape index (κ2) is 7.14. The number of thiazole rings is 1. The van der Waals surface area contributed by atoms with Gasteiger partial charge < -0.3 is 0 Å². The minimum absolute atomic E-state index is 0.112. The van der Waals surface area contributed by atoms with Crippen molar-refractivity contribution in [2.75, 3.05) is 5.43 Å². The van der Waals surface area contributed by atoms with E-state index in [1.165, 1.54) is 23.5 Å². The fourth-order valence-electron chi connectivity index (χ4n) is 2.48. The number of hydrogen-bond acceptors (Lipinski definition) is 7. The summed E-state index contributed by atoms with van der Waals surface area (Å²) >= 11 is 2.88. The summed E-state index contributed by atoms with van der Waals surface area (Å²) in [6.07, 6.45) is 0. The van der Waals surface area contributed by atoms with Crippen LogP contribution in [0.3, 0.4) is 0 Å². The Kier molecular flexibility index (Phi) is 4.53. The van der Waals surface area contributed by atoms with Crippen LogP contribution < -0.4 is 10.9 Å². The van der Waals surface area contributed by atoms with Crippen molar-refractivity contribution in [3.05, 3.63) is 75.7 Å². The van der Waals surface area contributed by atoms with Gasteiger partial charge in [0.15, 0.2) is 0 Å². The van der Waals surface area contributed by atoms with Crippen molar-refractivity contribution >= 4 is 50.2 Å². The minimum Gasteiger partial charge on any atom is -0.292 e. The molecule has 9 heteroatoms. The normalized spacial score (nSPS) is 10.7. The van der Waals surface area contributed by atoms with Gasteiger partial charge >= 0.3 is 0 Å². The Labute approximate surface area is 161 Å². The molecule has 0 unspecified atom stereocenters. The molecule has 0 aliphatic heterocycles. The number of hydrogen-bond donors (Lipinski definition) is 2. The van der Waals surface area contributed by atoms with Gasteiger partial charge in [0.2, 0.25) is 0 Å². The lowest BCUT2D eigenvalue weighted by atomic mass is 10.3. The average molecular weight is 396 g/mol. The Morgan fingerprint density at radius 2 is 1.78 bits per heavy atom.